The molecule has 2 aromatic heterocycles. The zero-order valence-corrected chi connectivity index (χ0v) is 21.9. The third-order valence-electron chi connectivity index (χ3n) is 5.86. The zero-order valence-electron chi connectivity index (χ0n) is 21.9. The summed E-state index contributed by atoms with van der Waals surface area (Å²) in [5, 5.41) is 18.7. The number of carboxylic acids is 2. The summed E-state index contributed by atoms with van der Waals surface area (Å²) in [6.07, 6.45) is -4.18. The molecule has 4 heterocycles. The van der Waals surface area contributed by atoms with E-state index in [1.54, 1.807) is 0 Å². The average molecular weight is 585 g/mol. The lowest BCUT2D eigenvalue weighted by Gasteiger charge is -2.53. The van der Waals surface area contributed by atoms with E-state index in [0.717, 1.165) is 50.3 Å². The van der Waals surface area contributed by atoms with Gasteiger partial charge in [-0.25, -0.2) is 9.59 Å². The van der Waals surface area contributed by atoms with Gasteiger partial charge in [0.15, 0.2) is 0 Å². The van der Waals surface area contributed by atoms with E-state index in [2.05, 4.69) is 34.0 Å². The fourth-order valence-corrected chi connectivity index (χ4v) is 4.18. The summed E-state index contributed by atoms with van der Waals surface area (Å²) >= 11 is 0. The number of hydrogen-bond acceptors (Lipinski definition) is 7. The second-order valence-corrected chi connectivity index (χ2v) is 9.48. The van der Waals surface area contributed by atoms with Gasteiger partial charge in [-0.1, -0.05) is 6.07 Å². The second-order valence-electron chi connectivity index (χ2n) is 9.48. The van der Waals surface area contributed by atoms with Gasteiger partial charge in [-0.3, -0.25) is 14.6 Å². The molecule has 0 saturated carbocycles. The first-order chi connectivity index (χ1) is 18.4. The van der Waals surface area contributed by atoms with Crippen LogP contribution in [0.25, 0.3) is 0 Å². The molecule has 2 aliphatic heterocycles. The van der Waals surface area contributed by atoms with E-state index in [0.29, 0.717) is 6.61 Å². The van der Waals surface area contributed by atoms with Gasteiger partial charge >= 0.3 is 24.3 Å². The Labute approximate surface area is 225 Å². The van der Waals surface area contributed by atoms with E-state index in [-0.39, 0.29) is 11.7 Å². The maximum atomic E-state index is 10.6. The van der Waals surface area contributed by atoms with Gasteiger partial charge in [0, 0.05) is 52.1 Å². The van der Waals surface area contributed by atoms with Gasteiger partial charge in [-0.05, 0) is 37.5 Å². The predicted molar refractivity (Wildman–Crippen MR) is 126 cm³/mol. The Hall–Kier alpha value is -3.24. The molecule has 1 spiro atoms. The Balaban J connectivity index is 0.000000333. The van der Waals surface area contributed by atoms with Crippen LogP contribution in [0, 0.1) is 13.8 Å². The minimum absolute atomic E-state index is 0.0264. The molecular weight excluding hydrogens is 554 g/mol. The quantitative estimate of drug-likeness (QED) is 0.507. The van der Waals surface area contributed by atoms with Crippen molar-refractivity contribution in [3.05, 3.63) is 47.0 Å². The number of carbonyl (C=O) groups is 2. The number of halogens is 6. The molecule has 2 fully saturated rings. The van der Waals surface area contributed by atoms with E-state index in [4.69, 9.17) is 29.3 Å². The molecule has 0 amide bonds. The van der Waals surface area contributed by atoms with Crippen molar-refractivity contribution in [1.29, 1.82) is 0 Å². The smallest absolute Gasteiger partial charge is 0.475 e. The number of aliphatic carboxylic acids is 2. The monoisotopic (exact) mass is 584 g/mol. The molecule has 4 rings (SSSR count). The average Bonchev–Trinajstić information content (AvgIpc) is 3.13. The summed E-state index contributed by atoms with van der Waals surface area (Å²) in [6, 6.07) is 4.30. The molecule has 2 aliphatic rings. The molecule has 224 valence electrons. The van der Waals surface area contributed by atoms with Crippen LogP contribution >= 0.6 is 0 Å². The molecule has 0 radical (unpaired) electrons. The maximum absolute atomic E-state index is 10.6. The van der Waals surface area contributed by atoms with Crippen molar-refractivity contribution in [2.45, 2.75) is 63.9 Å². The number of hydrogen-bond donors (Lipinski definition) is 2. The number of nitrogens with zero attached hydrogens (tertiary/aromatic N) is 4. The van der Waals surface area contributed by atoms with Crippen molar-refractivity contribution in [2.24, 2.45) is 7.05 Å². The molecular formula is C24H30F6N4O6. The summed E-state index contributed by atoms with van der Waals surface area (Å²) in [5.74, 6) is -5.51. The maximum Gasteiger partial charge on any atom is 0.490 e. The van der Waals surface area contributed by atoms with Crippen LogP contribution in [0.4, 0.5) is 26.3 Å². The first-order valence-electron chi connectivity index (χ1n) is 11.9. The van der Waals surface area contributed by atoms with Gasteiger partial charge in [-0.15, -0.1) is 0 Å². The minimum Gasteiger partial charge on any atom is -0.475 e. The van der Waals surface area contributed by atoms with Crippen molar-refractivity contribution in [3.8, 4) is 0 Å². The summed E-state index contributed by atoms with van der Waals surface area (Å²) in [6.45, 7) is 8.40. The number of ether oxygens (including phenoxy) is 2. The van der Waals surface area contributed by atoms with Crippen LogP contribution in [0.2, 0.25) is 0 Å². The van der Waals surface area contributed by atoms with Crippen molar-refractivity contribution in [1.82, 2.24) is 19.7 Å². The van der Waals surface area contributed by atoms with Crippen molar-refractivity contribution in [3.63, 3.8) is 0 Å². The van der Waals surface area contributed by atoms with E-state index >= 15 is 0 Å². The van der Waals surface area contributed by atoms with Gasteiger partial charge in [0.05, 0.1) is 29.7 Å². The Bertz CT molecular complexity index is 1120. The summed E-state index contributed by atoms with van der Waals surface area (Å²) in [5.41, 5.74) is 4.63. The number of alkyl halides is 6. The van der Waals surface area contributed by atoms with Gasteiger partial charge in [0.1, 0.15) is 0 Å². The largest absolute Gasteiger partial charge is 0.490 e. The Morgan fingerprint density at radius 2 is 1.65 bits per heavy atom. The van der Waals surface area contributed by atoms with Crippen molar-refractivity contribution < 1.29 is 55.6 Å². The molecule has 40 heavy (non-hydrogen) atoms. The Morgan fingerprint density at radius 3 is 2.12 bits per heavy atom. The fraction of sp³-hybridized carbons (Fsp3) is 0.583. The topological polar surface area (TPSA) is 127 Å². The fourth-order valence-electron chi connectivity index (χ4n) is 4.18. The lowest BCUT2D eigenvalue weighted by atomic mass is 9.84. The van der Waals surface area contributed by atoms with Crippen LogP contribution in [0.3, 0.4) is 0 Å². The lowest BCUT2D eigenvalue weighted by molar-refractivity contribution is -0.200. The van der Waals surface area contributed by atoms with Gasteiger partial charge in [0.25, 0.3) is 0 Å². The van der Waals surface area contributed by atoms with Crippen LogP contribution in [-0.2, 0) is 39.3 Å². The minimum atomic E-state index is -5.08. The highest BCUT2D eigenvalue weighted by molar-refractivity contribution is 5.73. The van der Waals surface area contributed by atoms with E-state index in [1.165, 1.54) is 11.3 Å². The van der Waals surface area contributed by atoms with Crippen LogP contribution in [0.1, 0.15) is 35.4 Å². The molecule has 1 atom stereocenters. The molecule has 2 N–H and O–H groups in total. The molecule has 10 nitrogen and oxygen atoms in total. The highest BCUT2D eigenvalue weighted by atomic mass is 19.4. The number of rotatable bonds is 5. The van der Waals surface area contributed by atoms with Gasteiger partial charge in [0.2, 0.25) is 0 Å². The Morgan fingerprint density at radius 1 is 1.07 bits per heavy atom. The number of carboxylic acid groups (broad SMARTS) is 2. The van der Waals surface area contributed by atoms with Crippen molar-refractivity contribution in [2.75, 3.05) is 19.7 Å². The third kappa shape index (κ3) is 10.4. The van der Waals surface area contributed by atoms with E-state index in [9.17, 15) is 26.3 Å². The van der Waals surface area contributed by atoms with Crippen LogP contribution in [0.5, 0.6) is 0 Å². The summed E-state index contributed by atoms with van der Waals surface area (Å²) < 4.78 is 77.8. The molecule has 0 aromatic carbocycles. The van der Waals surface area contributed by atoms with Crippen LogP contribution in [-0.4, -0.2) is 85.6 Å². The number of pyridine rings is 1. The predicted octanol–water partition coefficient (Wildman–Crippen LogP) is 3.65. The molecule has 16 heteroatoms. The summed E-state index contributed by atoms with van der Waals surface area (Å²) in [7, 11) is 2.01. The molecule has 0 aliphatic carbocycles. The molecule has 2 aromatic rings. The highest BCUT2D eigenvalue weighted by Crippen LogP contribution is 2.36. The third-order valence-corrected chi connectivity index (χ3v) is 5.86. The van der Waals surface area contributed by atoms with E-state index in [1.807, 2.05) is 31.0 Å². The van der Waals surface area contributed by atoms with E-state index < -0.39 is 24.3 Å². The lowest BCUT2D eigenvalue weighted by Crippen LogP contribution is -2.65. The zero-order chi connectivity index (χ0) is 30.3. The number of aromatic nitrogens is 3. The molecule has 1 unspecified atom stereocenters. The molecule has 0 bridgehead atoms. The first kappa shape index (κ1) is 33.0. The first-order valence-corrected chi connectivity index (χ1v) is 11.9. The molecule has 2 saturated heterocycles. The van der Waals surface area contributed by atoms with Gasteiger partial charge < -0.3 is 19.7 Å². The van der Waals surface area contributed by atoms with Crippen molar-refractivity contribution >= 4 is 11.9 Å². The highest BCUT2D eigenvalue weighted by Gasteiger charge is 2.47. The van der Waals surface area contributed by atoms with Gasteiger partial charge in [-0.2, -0.15) is 31.4 Å². The number of aryl methyl sites for hydroxylation is 3. The summed E-state index contributed by atoms with van der Waals surface area (Å²) in [4.78, 5) is 24.5. The van der Waals surface area contributed by atoms with Crippen LogP contribution < -0.4 is 0 Å². The Kier molecular flexibility index (Phi) is 11.1. The second kappa shape index (κ2) is 13.4. The SMILES string of the molecule is Cc1cncc(COC2CCOC3(C2)CN(Cc2cc(C)nn2C)C3)c1.O=C(O)C(F)(F)F.O=C(O)C(F)(F)F. The standard InChI is InChI=1S/C20H28N4O2.2C2HF3O2/c1-15-6-17(10-21-9-15)12-25-19-4-5-26-20(8-19)13-24(14-20)11-18-7-16(2)22-23(18)3;2*3-2(4,5)1(6)7/h6-7,9-10,19H,4-5,8,11-14H2,1-3H3;2*(H,6,7). The normalized spacial score (nSPS) is 18.6. The van der Waals surface area contributed by atoms with Crippen LogP contribution in [0.15, 0.2) is 24.5 Å². The number of likely N-dealkylation sites (tertiary alicyclic amines) is 1.